The number of carbonyl (C=O) groups is 1. The Hall–Kier alpha value is -3.84. The van der Waals surface area contributed by atoms with Crippen molar-refractivity contribution in [2.75, 3.05) is 16.4 Å². The first-order valence-electron chi connectivity index (χ1n) is 8.19. The van der Waals surface area contributed by atoms with E-state index >= 15 is 0 Å². The van der Waals surface area contributed by atoms with Crippen LogP contribution in [0.15, 0.2) is 41.3 Å². The van der Waals surface area contributed by atoms with Gasteiger partial charge in [-0.05, 0) is 48.9 Å². The molecule has 0 radical (unpaired) electrons. The molecule has 0 saturated heterocycles. The third kappa shape index (κ3) is 4.76. The maximum atomic E-state index is 13.8. The Kier molecular flexibility index (Phi) is 5.49. The van der Waals surface area contributed by atoms with Crippen molar-refractivity contribution in [1.29, 1.82) is 0 Å². The maximum absolute atomic E-state index is 13.8. The molecular weight excluding hydrogens is 419 g/mol. The van der Waals surface area contributed by atoms with Gasteiger partial charge < -0.3 is 21.5 Å². The Morgan fingerprint density at radius 3 is 2.30 bits per heavy atom. The van der Waals surface area contributed by atoms with Crippen molar-refractivity contribution in [2.45, 2.75) is 11.8 Å². The molecule has 1 aromatic heterocycles. The van der Waals surface area contributed by atoms with Crippen molar-refractivity contribution in [3.8, 4) is 0 Å². The predicted molar refractivity (Wildman–Crippen MR) is 105 cm³/mol. The number of anilines is 5. The van der Waals surface area contributed by atoms with E-state index in [0.717, 1.165) is 6.07 Å². The second-order valence-electron chi connectivity index (χ2n) is 6.06. The summed E-state index contributed by atoms with van der Waals surface area (Å²) in [6.07, 6.45) is -1.10. The Morgan fingerprint density at radius 1 is 1.07 bits per heavy atom. The molecule has 0 atom stereocenters. The van der Waals surface area contributed by atoms with Crippen LogP contribution in [0.3, 0.4) is 0 Å². The maximum Gasteiger partial charge on any atom is 0.335 e. The molecule has 30 heavy (non-hydrogen) atoms. The van der Waals surface area contributed by atoms with E-state index in [1.807, 2.05) is 0 Å². The fraction of sp³-hybridized carbons (Fsp3) is 0.0588. The van der Waals surface area contributed by atoms with E-state index in [0.29, 0.717) is 11.3 Å². The number of aromatic nitrogens is 3. The van der Waals surface area contributed by atoms with Gasteiger partial charge >= 0.3 is 12.0 Å². The van der Waals surface area contributed by atoms with E-state index in [1.54, 1.807) is 6.92 Å². The number of nitrogen functional groups attached to an aromatic ring is 1. The average molecular weight is 434 g/mol. The molecule has 0 fully saturated rings. The van der Waals surface area contributed by atoms with Gasteiger partial charge in [0.1, 0.15) is 4.90 Å². The van der Waals surface area contributed by atoms with Crippen molar-refractivity contribution >= 4 is 45.0 Å². The Bertz CT molecular complexity index is 1250. The van der Waals surface area contributed by atoms with Crippen LogP contribution in [0, 0.1) is 13.0 Å². The number of rotatable bonds is 6. The van der Waals surface area contributed by atoms with Crippen LogP contribution in [0.25, 0.3) is 0 Å². The van der Waals surface area contributed by atoms with Crippen molar-refractivity contribution < 1.29 is 27.3 Å². The molecule has 0 amide bonds. The molecule has 0 unspecified atom stereocenters. The summed E-state index contributed by atoms with van der Waals surface area (Å²) in [4.78, 5) is 21.6. The van der Waals surface area contributed by atoms with Crippen molar-refractivity contribution in [3.63, 3.8) is 0 Å². The lowest BCUT2D eigenvalue weighted by atomic mass is 10.1. The lowest BCUT2D eigenvalue weighted by Gasteiger charge is -2.11. The predicted octanol–water partition coefficient (Wildman–Crippen LogP) is 2.33. The van der Waals surface area contributed by atoms with E-state index in [4.69, 9.17) is 15.4 Å². The number of carboxylic acid groups (broad SMARTS) is 1. The van der Waals surface area contributed by atoms with Crippen molar-refractivity contribution in [1.82, 2.24) is 15.0 Å². The average Bonchev–Trinajstić information content (AvgIpc) is 2.61. The van der Waals surface area contributed by atoms with Crippen LogP contribution in [0.1, 0.15) is 15.9 Å². The van der Waals surface area contributed by atoms with Gasteiger partial charge in [0.25, 0.3) is 10.1 Å². The Morgan fingerprint density at radius 2 is 1.73 bits per heavy atom. The number of aromatic carboxylic acids is 1. The summed E-state index contributed by atoms with van der Waals surface area (Å²) in [5.74, 6) is -1.44. The quantitative estimate of drug-likeness (QED) is 0.284. The second-order valence-corrected chi connectivity index (χ2v) is 7.45. The fourth-order valence-corrected chi connectivity index (χ4v) is 3.11. The zero-order valence-electron chi connectivity index (χ0n) is 15.3. The third-order valence-corrected chi connectivity index (χ3v) is 4.80. The van der Waals surface area contributed by atoms with E-state index in [1.165, 1.54) is 30.3 Å². The molecule has 2 aromatic carbocycles. The monoisotopic (exact) mass is 434 g/mol. The van der Waals surface area contributed by atoms with Gasteiger partial charge in [0, 0.05) is 11.4 Å². The first kappa shape index (κ1) is 20.9. The van der Waals surface area contributed by atoms with Crippen LogP contribution >= 0.6 is 0 Å². The van der Waals surface area contributed by atoms with Gasteiger partial charge in [0.05, 0.1) is 11.3 Å². The first-order chi connectivity index (χ1) is 14.0. The topological polar surface area (TPSA) is 180 Å². The van der Waals surface area contributed by atoms with Gasteiger partial charge in [0.2, 0.25) is 11.9 Å². The number of halogens is 1. The van der Waals surface area contributed by atoms with Gasteiger partial charge in [-0.3, -0.25) is 4.55 Å². The molecule has 11 nitrogen and oxygen atoms in total. The summed E-state index contributed by atoms with van der Waals surface area (Å²) < 4.78 is 45.3. The fourth-order valence-electron chi connectivity index (χ4n) is 2.51. The molecule has 6 N–H and O–H groups in total. The van der Waals surface area contributed by atoms with Gasteiger partial charge in [-0.1, -0.05) is 0 Å². The highest BCUT2D eigenvalue weighted by Crippen LogP contribution is 2.25. The van der Waals surface area contributed by atoms with Gasteiger partial charge in [0.15, 0.2) is 0 Å². The minimum atomic E-state index is -4.48. The van der Waals surface area contributed by atoms with Gasteiger partial charge in [-0.15, -0.1) is 0 Å². The number of nitrogens with one attached hydrogen (secondary N) is 2. The summed E-state index contributed by atoms with van der Waals surface area (Å²) >= 11 is 0. The van der Waals surface area contributed by atoms with Crippen molar-refractivity contribution in [3.05, 3.63) is 53.6 Å². The second kappa shape index (κ2) is 7.88. The van der Waals surface area contributed by atoms with E-state index in [9.17, 15) is 17.6 Å². The lowest BCUT2D eigenvalue weighted by Crippen LogP contribution is -2.08. The summed E-state index contributed by atoms with van der Waals surface area (Å²) in [5.41, 5.74) is 6.73. The number of aryl methyl sites for hydroxylation is 1. The smallest absolute Gasteiger partial charge is 0.335 e. The molecule has 1 heterocycles. The zero-order chi connectivity index (χ0) is 22.1. The van der Waals surface area contributed by atoms with Crippen molar-refractivity contribution in [2.24, 2.45) is 0 Å². The standard InChI is InChI=1S/C17H15FN6O5S/c1-8-6-9(14(25)26)2-4-12(8)21-17-23-15(18)22-16(24-17)20-10-3-5-13(11(19)7-10)30(27,28)29/h2-7H,19H2,1H3,(H,25,26)(H,27,28,29)(H2,20,21,22,23,24). The molecule has 0 spiro atoms. The van der Waals surface area contributed by atoms with Gasteiger partial charge in [-0.2, -0.15) is 27.8 Å². The number of nitrogens with two attached hydrogens (primary N) is 1. The molecule has 0 aliphatic rings. The number of hydrogen-bond acceptors (Lipinski definition) is 9. The molecular formula is C17H15FN6O5S. The normalized spacial score (nSPS) is 11.2. The molecule has 156 valence electrons. The summed E-state index contributed by atoms with van der Waals surface area (Å²) in [6, 6.07) is 7.84. The van der Waals surface area contributed by atoms with E-state index in [2.05, 4.69) is 25.6 Å². The summed E-state index contributed by atoms with van der Waals surface area (Å²) in [6.45, 7) is 1.66. The Balaban J connectivity index is 1.86. The molecule has 3 aromatic rings. The van der Waals surface area contributed by atoms with Crippen LogP contribution in [-0.2, 0) is 10.1 Å². The van der Waals surface area contributed by atoms with Crippen LogP contribution < -0.4 is 16.4 Å². The number of benzene rings is 2. The summed E-state index contributed by atoms with van der Waals surface area (Å²) in [5, 5.41) is 14.4. The van der Waals surface area contributed by atoms with Crippen LogP contribution in [0.2, 0.25) is 0 Å². The van der Waals surface area contributed by atoms with Crippen LogP contribution in [0.5, 0.6) is 0 Å². The van der Waals surface area contributed by atoms with Gasteiger partial charge in [-0.25, -0.2) is 4.79 Å². The molecule has 0 bridgehead atoms. The van der Waals surface area contributed by atoms with Crippen LogP contribution in [-0.4, -0.2) is 39.0 Å². The molecule has 0 aliphatic heterocycles. The highest BCUT2D eigenvalue weighted by molar-refractivity contribution is 7.86. The number of nitrogens with zero attached hydrogens (tertiary/aromatic N) is 3. The number of carboxylic acids is 1. The molecule has 3 rings (SSSR count). The minimum absolute atomic E-state index is 0.0909. The highest BCUT2D eigenvalue weighted by atomic mass is 32.2. The lowest BCUT2D eigenvalue weighted by molar-refractivity contribution is 0.0696. The SMILES string of the molecule is Cc1cc(C(=O)O)ccc1Nc1nc(F)nc(Nc2ccc(S(=O)(=O)O)c(N)c2)n1. The minimum Gasteiger partial charge on any atom is -0.478 e. The highest BCUT2D eigenvalue weighted by Gasteiger charge is 2.15. The Labute approximate surface area is 169 Å². The molecule has 0 aliphatic carbocycles. The first-order valence-corrected chi connectivity index (χ1v) is 9.63. The molecule has 13 heteroatoms. The largest absolute Gasteiger partial charge is 0.478 e. The van der Waals surface area contributed by atoms with Crippen LogP contribution in [0.4, 0.5) is 33.3 Å². The van der Waals surface area contributed by atoms with E-state index < -0.39 is 27.1 Å². The third-order valence-electron chi connectivity index (χ3n) is 3.87. The van der Waals surface area contributed by atoms with E-state index in [-0.39, 0.29) is 28.8 Å². The summed E-state index contributed by atoms with van der Waals surface area (Å²) in [7, 11) is -4.48. The number of hydrogen-bond donors (Lipinski definition) is 5. The zero-order valence-corrected chi connectivity index (χ0v) is 16.1. The molecule has 0 saturated carbocycles.